The van der Waals surface area contributed by atoms with Crippen molar-refractivity contribution < 1.29 is 9.84 Å². The molecule has 1 heterocycles. The number of nitrogens with zero attached hydrogens (tertiary/aromatic N) is 1. The number of alkyl halides is 1. The van der Waals surface area contributed by atoms with Gasteiger partial charge in [0.25, 0.3) is 0 Å². The molecule has 0 saturated carbocycles. The molecular weight excluding hydrogens is 234 g/mol. The van der Waals surface area contributed by atoms with Gasteiger partial charge in [0, 0.05) is 44.5 Å². The van der Waals surface area contributed by atoms with Gasteiger partial charge in [-0.05, 0) is 7.05 Å². The minimum absolute atomic E-state index is 0.519. The maximum atomic E-state index is 10.1. The van der Waals surface area contributed by atoms with Crippen molar-refractivity contribution >= 4 is 15.9 Å². The second-order valence-electron chi connectivity index (χ2n) is 3.76. The van der Waals surface area contributed by atoms with E-state index in [1.54, 1.807) is 0 Å². The van der Waals surface area contributed by atoms with Crippen molar-refractivity contribution in [2.24, 2.45) is 0 Å². The lowest BCUT2D eigenvalue weighted by Gasteiger charge is -2.35. The fraction of sp³-hybridized carbons (Fsp3) is 1.00. The van der Waals surface area contributed by atoms with Gasteiger partial charge in [0.1, 0.15) is 0 Å². The molecule has 1 rings (SSSR count). The van der Waals surface area contributed by atoms with Crippen LogP contribution in [-0.2, 0) is 4.74 Å². The summed E-state index contributed by atoms with van der Waals surface area (Å²) in [6.07, 6.45) is 1.53. The summed E-state index contributed by atoms with van der Waals surface area (Å²) in [5, 5.41) is 11.1. The number of likely N-dealkylation sites (N-methyl/N-ethyl adjacent to an activating group) is 1. The topological polar surface area (TPSA) is 32.7 Å². The Balaban J connectivity index is 2.31. The van der Waals surface area contributed by atoms with Gasteiger partial charge in [-0.15, -0.1) is 0 Å². The average molecular weight is 252 g/mol. The number of hydrogen-bond donors (Lipinski definition) is 1. The van der Waals surface area contributed by atoms with Crippen LogP contribution < -0.4 is 0 Å². The lowest BCUT2D eigenvalue weighted by atomic mass is 9.94. The van der Waals surface area contributed by atoms with Gasteiger partial charge in [-0.1, -0.05) is 15.9 Å². The number of hydrogen-bond acceptors (Lipinski definition) is 3. The highest BCUT2D eigenvalue weighted by Gasteiger charge is 2.30. The highest BCUT2D eigenvalue weighted by Crippen LogP contribution is 2.21. The summed E-state index contributed by atoms with van der Waals surface area (Å²) in [5.74, 6) is 0. The second-order valence-corrected chi connectivity index (χ2v) is 4.56. The Morgan fingerprint density at radius 3 is 2.62 bits per heavy atom. The average Bonchev–Trinajstić information content (AvgIpc) is 2.04. The maximum absolute atomic E-state index is 10.1. The lowest BCUT2D eigenvalue weighted by molar-refractivity contribution is -0.0761. The zero-order chi connectivity index (χ0) is 9.73. The molecule has 4 heteroatoms. The number of aliphatic hydroxyl groups is 1. The highest BCUT2D eigenvalue weighted by molar-refractivity contribution is 9.09. The van der Waals surface area contributed by atoms with E-state index in [9.17, 15) is 5.11 Å². The van der Waals surface area contributed by atoms with E-state index in [4.69, 9.17) is 4.74 Å². The van der Waals surface area contributed by atoms with E-state index in [2.05, 4.69) is 20.8 Å². The molecule has 0 atom stereocenters. The molecule has 78 valence electrons. The smallest absolute Gasteiger partial charge is 0.0817 e. The Morgan fingerprint density at radius 2 is 2.08 bits per heavy atom. The van der Waals surface area contributed by atoms with Crippen molar-refractivity contribution in [2.75, 3.05) is 38.7 Å². The molecule has 0 aliphatic carbocycles. The summed E-state index contributed by atoms with van der Waals surface area (Å²) in [6, 6.07) is 0. The largest absolute Gasteiger partial charge is 0.388 e. The number of rotatable bonds is 4. The molecule has 1 aliphatic heterocycles. The second kappa shape index (κ2) is 5.29. The Bertz CT molecular complexity index is 149. The first-order chi connectivity index (χ1) is 6.16. The summed E-state index contributed by atoms with van der Waals surface area (Å²) in [5.41, 5.74) is -0.519. The Hall–Kier alpha value is 0.360. The molecule has 0 bridgehead atoms. The van der Waals surface area contributed by atoms with Gasteiger partial charge in [-0.2, -0.15) is 0 Å². The number of halogens is 1. The first kappa shape index (κ1) is 11.4. The van der Waals surface area contributed by atoms with Crippen molar-refractivity contribution in [3.05, 3.63) is 0 Å². The van der Waals surface area contributed by atoms with Crippen molar-refractivity contribution in [2.45, 2.75) is 18.4 Å². The normalized spacial score (nSPS) is 22.2. The SMILES string of the molecule is CN(CCBr)CC1(O)CCOCC1. The lowest BCUT2D eigenvalue weighted by Crippen LogP contribution is -2.46. The molecule has 1 aliphatic rings. The van der Waals surface area contributed by atoms with Gasteiger partial charge >= 0.3 is 0 Å². The molecule has 0 aromatic heterocycles. The van der Waals surface area contributed by atoms with Crippen LogP contribution in [0.2, 0.25) is 0 Å². The van der Waals surface area contributed by atoms with Crippen LogP contribution in [0.4, 0.5) is 0 Å². The molecule has 0 spiro atoms. The van der Waals surface area contributed by atoms with Crippen LogP contribution in [-0.4, -0.2) is 54.3 Å². The van der Waals surface area contributed by atoms with Crippen LogP contribution in [0.1, 0.15) is 12.8 Å². The van der Waals surface area contributed by atoms with Crippen molar-refractivity contribution in [1.82, 2.24) is 4.90 Å². The molecule has 0 aromatic rings. The molecule has 0 unspecified atom stereocenters. The summed E-state index contributed by atoms with van der Waals surface area (Å²) in [4.78, 5) is 2.15. The molecule has 0 aromatic carbocycles. The molecule has 0 radical (unpaired) electrons. The fourth-order valence-electron chi connectivity index (χ4n) is 1.64. The standard InChI is InChI=1S/C9H18BrNO2/c1-11(5-4-10)8-9(12)2-6-13-7-3-9/h12H,2-8H2,1H3. The fourth-order valence-corrected chi connectivity index (χ4v) is 2.24. The zero-order valence-electron chi connectivity index (χ0n) is 8.13. The predicted molar refractivity (Wildman–Crippen MR) is 56.3 cm³/mol. The first-order valence-corrected chi connectivity index (χ1v) is 5.83. The van der Waals surface area contributed by atoms with Gasteiger partial charge in [0.05, 0.1) is 5.60 Å². The van der Waals surface area contributed by atoms with Crippen LogP contribution in [0.15, 0.2) is 0 Å². The molecule has 1 fully saturated rings. The highest BCUT2D eigenvalue weighted by atomic mass is 79.9. The minimum Gasteiger partial charge on any atom is -0.388 e. The van der Waals surface area contributed by atoms with E-state index in [1.165, 1.54) is 0 Å². The molecule has 1 N–H and O–H groups in total. The van der Waals surface area contributed by atoms with E-state index in [-0.39, 0.29) is 0 Å². The third-order valence-corrected chi connectivity index (χ3v) is 2.81. The van der Waals surface area contributed by atoms with E-state index < -0.39 is 5.60 Å². The first-order valence-electron chi connectivity index (χ1n) is 4.71. The van der Waals surface area contributed by atoms with Crippen molar-refractivity contribution in [1.29, 1.82) is 0 Å². The van der Waals surface area contributed by atoms with Crippen LogP contribution in [0.5, 0.6) is 0 Å². The minimum atomic E-state index is -0.519. The number of ether oxygens (including phenoxy) is 1. The molecule has 1 saturated heterocycles. The summed E-state index contributed by atoms with van der Waals surface area (Å²) < 4.78 is 5.22. The van der Waals surface area contributed by atoms with Crippen LogP contribution in [0, 0.1) is 0 Å². The third kappa shape index (κ3) is 3.94. The quantitative estimate of drug-likeness (QED) is 0.753. The van der Waals surface area contributed by atoms with Gasteiger partial charge in [0.2, 0.25) is 0 Å². The van der Waals surface area contributed by atoms with Crippen LogP contribution in [0.25, 0.3) is 0 Å². The zero-order valence-corrected chi connectivity index (χ0v) is 9.72. The molecule has 3 nitrogen and oxygen atoms in total. The van der Waals surface area contributed by atoms with Crippen molar-refractivity contribution in [3.8, 4) is 0 Å². The summed E-state index contributed by atoms with van der Waals surface area (Å²) >= 11 is 3.38. The predicted octanol–water partition coefficient (Wildman–Crippen LogP) is 0.855. The summed E-state index contributed by atoms with van der Waals surface area (Å²) in [7, 11) is 2.04. The Morgan fingerprint density at radius 1 is 1.46 bits per heavy atom. The van der Waals surface area contributed by atoms with E-state index in [0.717, 1.165) is 31.3 Å². The summed E-state index contributed by atoms with van der Waals surface area (Å²) in [6.45, 7) is 3.11. The van der Waals surface area contributed by atoms with E-state index in [1.807, 2.05) is 7.05 Å². The molecule has 0 amide bonds. The Labute approximate surface area is 88.2 Å². The van der Waals surface area contributed by atoms with Crippen LogP contribution >= 0.6 is 15.9 Å². The third-order valence-electron chi connectivity index (χ3n) is 2.45. The molecular formula is C9H18BrNO2. The van der Waals surface area contributed by atoms with E-state index in [0.29, 0.717) is 13.2 Å². The monoisotopic (exact) mass is 251 g/mol. The van der Waals surface area contributed by atoms with Gasteiger partial charge in [-0.25, -0.2) is 0 Å². The molecule has 13 heavy (non-hydrogen) atoms. The Kier molecular flexibility index (Phi) is 4.66. The maximum Gasteiger partial charge on any atom is 0.0817 e. The van der Waals surface area contributed by atoms with Crippen LogP contribution in [0.3, 0.4) is 0 Å². The van der Waals surface area contributed by atoms with Crippen molar-refractivity contribution in [3.63, 3.8) is 0 Å². The van der Waals surface area contributed by atoms with E-state index >= 15 is 0 Å². The van der Waals surface area contributed by atoms with Gasteiger partial charge < -0.3 is 14.7 Å². The van der Waals surface area contributed by atoms with Gasteiger partial charge in [0.15, 0.2) is 0 Å². The van der Waals surface area contributed by atoms with Gasteiger partial charge in [-0.3, -0.25) is 0 Å².